The second-order valence-corrected chi connectivity index (χ2v) is 4.71. The molecule has 0 aliphatic heterocycles. The Kier molecular flexibility index (Phi) is 6.61. The van der Waals surface area contributed by atoms with Gasteiger partial charge in [0.1, 0.15) is 5.60 Å². The molecule has 0 amide bonds. The van der Waals surface area contributed by atoms with Crippen LogP contribution in [0.3, 0.4) is 0 Å². The van der Waals surface area contributed by atoms with E-state index in [1.54, 1.807) is 0 Å². The molecule has 0 heterocycles. The average molecular weight is 225 g/mol. The van der Waals surface area contributed by atoms with Crippen molar-refractivity contribution in [2.45, 2.75) is 46.1 Å². The molecule has 0 spiro atoms. The number of allylic oxidation sites excluding steroid dienone is 2. The Morgan fingerprint density at radius 1 is 1.12 bits per heavy atom. The molecule has 0 aliphatic carbocycles. The number of rotatable bonds is 6. The van der Waals surface area contributed by atoms with Crippen LogP contribution in [-0.2, 0) is 0 Å². The average Bonchev–Trinajstić information content (AvgIpc) is 2.25. The first-order chi connectivity index (χ1) is 7.38. The highest BCUT2D eigenvalue weighted by atomic mass is 16.3. The SMILES string of the molecule is CC=C(C)C(O)(CCCN(C)C)C(C)=CC. The molecule has 0 aromatic heterocycles. The quantitative estimate of drug-likeness (QED) is 0.702. The second kappa shape index (κ2) is 6.87. The van der Waals surface area contributed by atoms with Gasteiger partial charge in [0.15, 0.2) is 0 Å². The molecule has 2 heteroatoms. The van der Waals surface area contributed by atoms with Crippen LogP contribution in [0.1, 0.15) is 40.5 Å². The summed E-state index contributed by atoms with van der Waals surface area (Å²) in [5.74, 6) is 0. The van der Waals surface area contributed by atoms with Crippen LogP contribution in [0, 0.1) is 0 Å². The summed E-state index contributed by atoms with van der Waals surface area (Å²) in [6.07, 6.45) is 5.79. The van der Waals surface area contributed by atoms with Crippen molar-refractivity contribution in [3.8, 4) is 0 Å². The van der Waals surface area contributed by atoms with Crippen LogP contribution in [0.2, 0.25) is 0 Å². The fourth-order valence-corrected chi connectivity index (χ4v) is 1.83. The third kappa shape index (κ3) is 4.11. The molecule has 0 rings (SSSR count). The van der Waals surface area contributed by atoms with Gasteiger partial charge in [-0.15, -0.1) is 0 Å². The van der Waals surface area contributed by atoms with Crippen LogP contribution in [-0.4, -0.2) is 36.2 Å². The van der Waals surface area contributed by atoms with Gasteiger partial charge >= 0.3 is 0 Å². The van der Waals surface area contributed by atoms with Crippen molar-refractivity contribution in [2.75, 3.05) is 20.6 Å². The first kappa shape index (κ1) is 15.4. The van der Waals surface area contributed by atoms with Crippen LogP contribution in [0.15, 0.2) is 23.3 Å². The number of nitrogens with zero attached hydrogens (tertiary/aromatic N) is 1. The van der Waals surface area contributed by atoms with E-state index in [4.69, 9.17) is 0 Å². The van der Waals surface area contributed by atoms with Gasteiger partial charge in [-0.05, 0) is 72.3 Å². The summed E-state index contributed by atoms with van der Waals surface area (Å²) in [6.45, 7) is 8.98. The van der Waals surface area contributed by atoms with E-state index in [0.717, 1.165) is 30.5 Å². The van der Waals surface area contributed by atoms with E-state index in [9.17, 15) is 5.11 Å². The lowest BCUT2D eigenvalue weighted by Crippen LogP contribution is -2.32. The van der Waals surface area contributed by atoms with Gasteiger partial charge < -0.3 is 10.0 Å². The van der Waals surface area contributed by atoms with E-state index >= 15 is 0 Å². The Morgan fingerprint density at radius 2 is 1.56 bits per heavy atom. The first-order valence-electron chi connectivity index (χ1n) is 6.02. The summed E-state index contributed by atoms with van der Waals surface area (Å²) >= 11 is 0. The maximum Gasteiger partial charge on any atom is 0.106 e. The highest BCUT2D eigenvalue weighted by Crippen LogP contribution is 2.30. The number of aliphatic hydroxyl groups is 1. The molecule has 0 aromatic rings. The molecule has 0 fully saturated rings. The molecule has 0 radical (unpaired) electrons. The van der Waals surface area contributed by atoms with Gasteiger partial charge in [-0.3, -0.25) is 0 Å². The monoisotopic (exact) mass is 225 g/mol. The molecule has 0 aliphatic rings. The van der Waals surface area contributed by atoms with Crippen LogP contribution in [0.5, 0.6) is 0 Å². The second-order valence-electron chi connectivity index (χ2n) is 4.71. The highest BCUT2D eigenvalue weighted by molar-refractivity contribution is 5.29. The molecule has 0 atom stereocenters. The zero-order valence-electron chi connectivity index (χ0n) is 11.7. The van der Waals surface area contributed by atoms with E-state index < -0.39 is 5.60 Å². The third-order valence-corrected chi connectivity index (χ3v) is 3.31. The highest BCUT2D eigenvalue weighted by Gasteiger charge is 2.29. The molecular formula is C14H27NO. The Morgan fingerprint density at radius 3 is 1.88 bits per heavy atom. The minimum atomic E-state index is -0.750. The van der Waals surface area contributed by atoms with Gasteiger partial charge in [0.25, 0.3) is 0 Å². The Balaban J connectivity index is 4.70. The fraction of sp³-hybridized carbons (Fsp3) is 0.714. The predicted octanol–water partition coefficient (Wildman–Crippen LogP) is 2.99. The van der Waals surface area contributed by atoms with E-state index in [0.29, 0.717) is 0 Å². The van der Waals surface area contributed by atoms with E-state index in [1.807, 2.05) is 39.8 Å². The van der Waals surface area contributed by atoms with Gasteiger partial charge in [0, 0.05) is 0 Å². The molecule has 0 unspecified atom stereocenters. The van der Waals surface area contributed by atoms with Crippen LogP contribution >= 0.6 is 0 Å². The van der Waals surface area contributed by atoms with Crippen molar-refractivity contribution in [1.82, 2.24) is 4.90 Å². The van der Waals surface area contributed by atoms with Crippen molar-refractivity contribution in [3.63, 3.8) is 0 Å². The Hall–Kier alpha value is -0.600. The van der Waals surface area contributed by atoms with Gasteiger partial charge in [-0.1, -0.05) is 12.2 Å². The van der Waals surface area contributed by atoms with Gasteiger partial charge in [0.05, 0.1) is 0 Å². The normalized spacial score (nSPS) is 17.8. The predicted molar refractivity (Wildman–Crippen MR) is 71.6 cm³/mol. The molecule has 0 saturated carbocycles. The number of hydrogen-bond donors (Lipinski definition) is 1. The summed E-state index contributed by atoms with van der Waals surface area (Å²) in [4.78, 5) is 2.15. The summed E-state index contributed by atoms with van der Waals surface area (Å²) in [7, 11) is 4.12. The first-order valence-corrected chi connectivity index (χ1v) is 6.02. The Labute approximate surface area is 101 Å². The lowest BCUT2D eigenvalue weighted by atomic mass is 9.83. The third-order valence-electron chi connectivity index (χ3n) is 3.31. The van der Waals surface area contributed by atoms with Crippen molar-refractivity contribution in [1.29, 1.82) is 0 Å². The summed E-state index contributed by atoms with van der Waals surface area (Å²) in [5, 5.41) is 10.7. The summed E-state index contributed by atoms with van der Waals surface area (Å²) in [6, 6.07) is 0. The van der Waals surface area contributed by atoms with Gasteiger partial charge in [-0.25, -0.2) is 0 Å². The summed E-state index contributed by atoms with van der Waals surface area (Å²) in [5.41, 5.74) is 1.34. The van der Waals surface area contributed by atoms with Crippen molar-refractivity contribution in [2.24, 2.45) is 0 Å². The van der Waals surface area contributed by atoms with Crippen LogP contribution in [0.25, 0.3) is 0 Å². The largest absolute Gasteiger partial charge is 0.381 e. The molecule has 0 aromatic carbocycles. The minimum Gasteiger partial charge on any atom is -0.381 e. The number of hydrogen-bond acceptors (Lipinski definition) is 2. The molecule has 16 heavy (non-hydrogen) atoms. The molecule has 94 valence electrons. The fourth-order valence-electron chi connectivity index (χ4n) is 1.83. The molecule has 2 nitrogen and oxygen atoms in total. The Bertz CT molecular complexity index is 246. The van der Waals surface area contributed by atoms with Crippen molar-refractivity contribution >= 4 is 0 Å². The lowest BCUT2D eigenvalue weighted by Gasteiger charge is -2.31. The molecule has 0 bridgehead atoms. The maximum atomic E-state index is 10.7. The van der Waals surface area contributed by atoms with Gasteiger partial charge in [0.2, 0.25) is 0 Å². The molecule has 1 N–H and O–H groups in total. The zero-order chi connectivity index (χ0) is 12.8. The minimum absolute atomic E-state index is 0.750. The van der Waals surface area contributed by atoms with Crippen LogP contribution in [0.4, 0.5) is 0 Å². The van der Waals surface area contributed by atoms with Crippen LogP contribution < -0.4 is 0 Å². The smallest absolute Gasteiger partial charge is 0.106 e. The maximum absolute atomic E-state index is 10.7. The topological polar surface area (TPSA) is 23.5 Å². The van der Waals surface area contributed by atoms with E-state index in [1.165, 1.54) is 0 Å². The zero-order valence-corrected chi connectivity index (χ0v) is 11.7. The standard InChI is InChI=1S/C14H27NO/c1-7-12(3)14(16,13(4)8-2)10-9-11-15(5)6/h7-8,16H,9-11H2,1-6H3. The van der Waals surface area contributed by atoms with Gasteiger partial charge in [-0.2, -0.15) is 0 Å². The lowest BCUT2D eigenvalue weighted by molar-refractivity contribution is 0.101. The van der Waals surface area contributed by atoms with Crippen molar-refractivity contribution in [3.05, 3.63) is 23.3 Å². The summed E-state index contributed by atoms with van der Waals surface area (Å²) < 4.78 is 0. The van der Waals surface area contributed by atoms with E-state index in [-0.39, 0.29) is 0 Å². The van der Waals surface area contributed by atoms with Crippen molar-refractivity contribution < 1.29 is 5.11 Å². The van der Waals surface area contributed by atoms with E-state index in [2.05, 4.69) is 19.0 Å². The molecular weight excluding hydrogens is 198 g/mol. The molecule has 0 saturated heterocycles.